The molecule has 22 heavy (non-hydrogen) atoms. The predicted molar refractivity (Wildman–Crippen MR) is 86.3 cm³/mol. The van der Waals surface area contributed by atoms with Crippen LogP contribution in [0.4, 0.5) is 0 Å². The molecular weight excluding hydrogens is 276 g/mol. The Labute approximate surface area is 130 Å². The molecule has 0 saturated heterocycles. The van der Waals surface area contributed by atoms with Crippen molar-refractivity contribution in [1.29, 1.82) is 0 Å². The molecule has 0 radical (unpaired) electrons. The molecule has 0 atom stereocenters. The summed E-state index contributed by atoms with van der Waals surface area (Å²) in [6, 6.07) is 10.1. The van der Waals surface area contributed by atoms with Gasteiger partial charge in [-0.05, 0) is 12.5 Å². The standard InChI is InChI=1S/C18H20N2O2/c1-4-8-17-19-16(13-22-18(21)14(2)3)12-20(17)11-15-9-6-5-7-10-15/h4-7,9-10,12H,1-2,8,11,13H2,3H3. The van der Waals surface area contributed by atoms with Gasteiger partial charge in [0.05, 0.1) is 5.69 Å². The van der Waals surface area contributed by atoms with Gasteiger partial charge in [-0.15, -0.1) is 6.58 Å². The third-order valence-electron chi connectivity index (χ3n) is 3.13. The fraction of sp³-hybridized carbons (Fsp3) is 0.222. The Hall–Kier alpha value is -2.62. The van der Waals surface area contributed by atoms with Gasteiger partial charge in [0.1, 0.15) is 12.4 Å². The van der Waals surface area contributed by atoms with E-state index in [1.165, 1.54) is 5.56 Å². The van der Waals surface area contributed by atoms with Crippen LogP contribution in [0, 0.1) is 0 Å². The number of aromatic nitrogens is 2. The highest BCUT2D eigenvalue weighted by Gasteiger charge is 2.10. The number of benzene rings is 1. The van der Waals surface area contributed by atoms with Gasteiger partial charge >= 0.3 is 5.97 Å². The Kier molecular flexibility index (Phi) is 5.31. The zero-order valence-corrected chi connectivity index (χ0v) is 12.8. The minimum absolute atomic E-state index is 0.150. The first-order chi connectivity index (χ1) is 10.6. The maximum atomic E-state index is 11.5. The van der Waals surface area contributed by atoms with E-state index in [-0.39, 0.29) is 6.61 Å². The number of esters is 1. The van der Waals surface area contributed by atoms with Crippen molar-refractivity contribution in [3.63, 3.8) is 0 Å². The number of ether oxygens (including phenoxy) is 1. The monoisotopic (exact) mass is 296 g/mol. The summed E-state index contributed by atoms with van der Waals surface area (Å²) >= 11 is 0. The summed E-state index contributed by atoms with van der Waals surface area (Å²) in [5.74, 6) is 0.503. The van der Waals surface area contributed by atoms with Crippen molar-refractivity contribution in [3.8, 4) is 0 Å². The first kappa shape index (κ1) is 15.8. The van der Waals surface area contributed by atoms with E-state index in [2.05, 4.69) is 34.8 Å². The molecule has 4 heteroatoms. The Morgan fingerprint density at radius 1 is 1.36 bits per heavy atom. The van der Waals surface area contributed by atoms with Gasteiger partial charge in [-0.2, -0.15) is 0 Å². The van der Waals surface area contributed by atoms with Gasteiger partial charge < -0.3 is 9.30 Å². The molecule has 0 fully saturated rings. The topological polar surface area (TPSA) is 44.1 Å². The second kappa shape index (κ2) is 7.41. The van der Waals surface area contributed by atoms with E-state index in [4.69, 9.17) is 4.74 Å². The van der Waals surface area contributed by atoms with Crippen molar-refractivity contribution in [2.75, 3.05) is 0 Å². The lowest BCUT2D eigenvalue weighted by Crippen LogP contribution is -2.05. The van der Waals surface area contributed by atoms with E-state index >= 15 is 0 Å². The van der Waals surface area contributed by atoms with Crippen LogP contribution < -0.4 is 0 Å². The van der Waals surface area contributed by atoms with Crippen LogP contribution in [0.2, 0.25) is 0 Å². The molecule has 4 nitrogen and oxygen atoms in total. The molecule has 2 rings (SSSR count). The highest BCUT2D eigenvalue weighted by Crippen LogP contribution is 2.11. The van der Waals surface area contributed by atoms with Crippen molar-refractivity contribution in [2.24, 2.45) is 0 Å². The normalized spacial score (nSPS) is 10.2. The van der Waals surface area contributed by atoms with Crippen LogP contribution >= 0.6 is 0 Å². The number of carbonyl (C=O) groups excluding carboxylic acids is 1. The second-order valence-corrected chi connectivity index (χ2v) is 5.11. The van der Waals surface area contributed by atoms with Crippen molar-refractivity contribution >= 4 is 5.97 Å². The molecule has 0 aliphatic rings. The van der Waals surface area contributed by atoms with Crippen LogP contribution in [0.3, 0.4) is 0 Å². The number of hydrogen-bond acceptors (Lipinski definition) is 3. The molecule has 0 unspecified atom stereocenters. The molecule has 2 aromatic rings. The summed E-state index contributed by atoms with van der Waals surface area (Å²) in [5, 5.41) is 0. The molecule has 1 heterocycles. The molecule has 0 bridgehead atoms. The number of imidazole rings is 1. The molecule has 0 N–H and O–H groups in total. The third kappa shape index (κ3) is 4.19. The average Bonchev–Trinajstić information content (AvgIpc) is 2.88. The lowest BCUT2D eigenvalue weighted by molar-refractivity contribution is -0.140. The third-order valence-corrected chi connectivity index (χ3v) is 3.13. The van der Waals surface area contributed by atoms with Crippen LogP contribution in [0.25, 0.3) is 0 Å². The summed E-state index contributed by atoms with van der Waals surface area (Å²) in [6.45, 7) is 9.82. The van der Waals surface area contributed by atoms with E-state index in [1.54, 1.807) is 6.92 Å². The summed E-state index contributed by atoms with van der Waals surface area (Å²) in [7, 11) is 0. The molecule has 1 aromatic carbocycles. The second-order valence-electron chi connectivity index (χ2n) is 5.11. The molecule has 0 aliphatic heterocycles. The van der Waals surface area contributed by atoms with Crippen molar-refractivity contribution in [2.45, 2.75) is 26.5 Å². The van der Waals surface area contributed by atoms with E-state index in [9.17, 15) is 4.79 Å². The van der Waals surface area contributed by atoms with Crippen molar-refractivity contribution < 1.29 is 9.53 Å². The first-order valence-corrected chi connectivity index (χ1v) is 7.12. The lowest BCUT2D eigenvalue weighted by atomic mass is 10.2. The number of rotatable bonds is 7. The number of hydrogen-bond donors (Lipinski definition) is 0. The van der Waals surface area contributed by atoms with Gasteiger partial charge in [0.25, 0.3) is 0 Å². The highest BCUT2D eigenvalue weighted by molar-refractivity contribution is 5.86. The average molecular weight is 296 g/mol. The lowest BCUT2D eigenvalue weighted by Gasteiger charge is -2.06. The van der Waals surface area contributed by atoms with Gasteiger partial charge in [0, 0.05) is 24.7 Å². The molecule has 0 spiro atoms. The fourth-order valence-electron chi connectivity index (χ4n) is 2.05. The van der Waals surface area contributed by atoms with Crippen LogP contribution in [0.15, 0.2) is 61.3 Å². The van der Waals surface area contributed by atoms with Gasteiger partial charge in [-0.25, -0.2) is 9.78 Å². The Morgan fingerprint density at radius 3 is 2.73 bits per heavy atom. The Balaban J connectivity index is 2.13. The summed E-state index contributed by atoms with van der Waals surface area (Å²) in [5.41, 5.74) is 2.30. The molecule has 0 saturated carbocycles. The molecule has 0 amide bonds. The van der Waals surface area contributed by atoms with E-state index in [1.807, 2.05) is 30.5 Å². The summed E-state index contributed by atoms with van der Waals surface area (Å²) < 4.78 is 7.20. The maximum absolute atomic E-state index is 11.5. The van der Waals surface area contributed by atoms with Gasteiger partial charge in [0.2, 0.25) is 0 Å². The van der Waals surface area contributed by atoms with Gasteiger partial charge in [-0.3, -0.25) is 0 Å². The quantitative estimate of drug-likeness (QED) is 0.447. The van der Waals surface area contributed by atoms with Crippen LogP contribution in [0.5, 0.6) is 0 Å². The zero-order chi connectivity index (χ0) is 15.9. The number of allylic oxidation sites excluding steroid dienone is 1. The Morgan fingerprint density at radius 2 is 2.09 bits per heavy atom. The minimum Gasteiger partial charge on any atom is -0.456 e. The van der Waals surface area contributed by atoms with Crippen LogP contribution in [0.1, 0.15) is 24.0 Å². The maximum Gasteiger partial charge on any atom is 0.333 e. The van der Waals surface area contributed by atoms with E-state index in [0.717, 1.165) is 18.1 Å². The minimum atomic E-state index is -0.400. The predicted octanol–water partition coefficient (Wildman–Crippen LogP) is 3.28. The van der Waals surface area contributed by atoms with Gasteiger partial charge in [-0.1, -0.05) is 43.0 Å². The Bertz CT molecular complexity index is 672. The van der Waals surface area contributed by atoms with E-state index in [0.29, 0.717) is 12.0 Å². The molecule has 0 aliphatic carbocycles. The summed E-state index contributed by atoms with van der Waals surface area (Å²) in [6.07, 6.45) is 4.40. The molecular formula is C18H20N2O2. The number of carbonyl (C=O) groups is 1. The van der Waals surface area contributed by atoms with Crippen LogP contribution in [-0.2, 0) is 29.1 Å². The van der Waals surface area contributed by atoms with E-state index < -0.39 is 5.97 Å². The fourth-order valence-corrected chi connectivity index (χ4v) is 2.05. The number of nitrogens with zero attached hydrogens (tertiary/aromatic N) is 2. The smallest absolute Gasteiger partial charge is 0.333 e. The zero-order valence-electron chi connectivity index (χ0n) is 12.8. The SMILES string of the molecule is C=CCc1nc(COC(=O)C(=C)C)cn1Cc1ccccc1. The molecule has 114 valence electrons. The first-order valence-electron chi connectivity index (χ1n) is 7.12. The van der Waals surface area contributed by atoms with Crippen molar-refractivity contribution in [3.05, 3.63) is 78.4 Å². The molecule has 1 aromatic heterocycles. The van der Waals surface area contributed by atoms with Gasteiger partial charge in [0.15, 0.2) is 0 Å². The van der Waals surface area contributed by atoms with Crippen LogP contribution in [-0.4, -0.2) is 15.5 Å². The van der Waals surface area contributed by atoms with Crippen molar-refractivity contribution in [1.82, 2.24) is 9.55 Å². The highest BCUT2D eigenvalue weighted by atomic mass is 16.5. The summed E-state index contributed by atoms with van der Waals surface area (Å²) in [4.78, 5) is 16.0. The largest absolute Gasteiger partial charge is 0.456 e.